The normalized spacial score (nSPS) is 12.1. The molecule has 0 aliphatic heterocycles. The lowest BCUT2D eigenvalue weighted by molar-refractivity contribution is -0.659. The van der Waals surface area contributed by atoms with E-state index in [4.69, 9.17) is 8.83 Å². The Bertz CT molecular complexity index is 2120. The van der Waals surface area contributed by atoms with Crippen molar-refractivity contribution >= 4 is 54.7 Å². The Balaban J connectivity index is 1.49. The van der Waals surface area contributed by atoms with Crippen LogP contribution in [0.2, 0.25) is 0 Å². The number of hydrogen-bond acceptors (Lipinski definition) is 2. The van der Waals surface area contributed by atoms with Crippen LogP contribution < -0.4 is 4.57 Å². The van der Waals surface area contributed by atoms with Crippen LogP contribution in [0, 0.1) is 6.92 Å². The number of aromatic nitrogens is 2. The third-order valence-electron chi connectivity index (χ3n) is 7.65. The van der Waals surface area contributed by atoms with Crippen molar-refractivity contribution in [3.05, 3.63) is 109 Å². The monoisotopic (exact) mass is 479 g/mol. The summed E-state index contributed by atoms with van der Waals surface area (Å²) in [5, 5.41) is 5.75. The molecule has 176 valence electrons. The number of hydrogen-bond donors (Lipinski definition) is 0. The topological polar surface area (TPSA) is 35.1 Å². The van der Waals surface area contributed by atoms with Crippen molar-refractivity contribution in [1.82, 2.24) is 4.57 Å². The standard InChI is InChI=1S/C33H23N2O2/c1-20-21-10-5-8-17-29(21)36-31(20)30-33-25(18-19-34(30)2)24-13-9-16-28(32(24)37-33)35-26-14-6-3-11-22(26)23-12-4-7-15-27(23)35/h3-19H,1-2H3/q+1. The molecule has 0 aliphatic rings. The van der Waals surface area contributed by atoms with E-state index in [2.05, 4.69) is 107 Å². The molecule has 4 nitrogen and oxygen atoms in total. The maximum Gasteiger partial charge on any atom is 0.291 e. The number of furan rings is 2. The molecule has 4 heterocycles. The van der Waals surface area contributed by atoms with Crippen LogP contribution in [-0.4, -0.2) is 4.57 Å². The first-order chi connectivity index (χ1) is 18.2. The smallest absolute Gasteiger partial charge is 0.291 e. The van der Waals surface area contributed by atoms with Gasteiger partial charge < -0.3 is 13.4 Å². The second-order valence-corrected chi connectivity index (χ2v) is 9.70. The van der Waals surface area contributed by atoms with E-state index in [1.165, 1.54) is 10.8 Å². The van der Waals surface area contributed by atoms with Gasteiger partial charge in [-0.1, -0.05) is 66.7 Å². The largest absolute Gasteiger partial charge is 0.449 e. The van der Waals surface area contributed by atoms with Crippen molar-refractivity contribution in [3.63, 3.8) is 0 Å². The molecule has 0 radical (unpaired) electrons. The first-order valence-electron chi connectivity index (χ1n) is 12.5. The van der Waals surface area contributed by atoms with Crippen molar-refractivity contribution in [1.29, 1.82) is 0 Å². The van der Waals surface area contributed by atoms with Gasteiger partial charge in [-0.3, -0.25) is 0 Å². The minimum absolute atomic E-state index is 0.829. The molecule has 0 N–H and O–H groups in total. The number of para-hydroxylation sites is 4. The summed E-state index contributed by atoms with van der Waals surface area (Å²) in [4.78, 5) is 0. The fourth-order valence-corrected chi connectivity index (χ4v) is 5.91. The van der Waals surface area contributed by atoms with Gasteiger partial charge in [0.2, 0.25) is 11.3 Å². The summed E-state index contributed by atoms with van der Waals surface area (Å²) >= 11 is 0. The Hall–Kier alpha value is -4.83. The van der Waals surface area contributed by atoms with Crippen molar-refractivity contribution in [3.8, 4) is 17.1 Å². The highest BCUT2D eigenvalue weighted by Crippen LogP contribution is 2.41. The summed E-state index contributed by atoms with van der Waals surface area (Å²) in [7, 11) is 2.04. The number of pyridine rings is 1. The predicted molar refractivity (Wildman–Crippen MR) is 149 cm³/mol. The number of benzene rings is 4. The molecule has 0 fully saturated rings. The maximum absolute atomic E-state index is 6.82. The SMILES string of the molecule is Cc1c(-c2c3oc4c(-n5c6ccccc6c6ccccc65)cccc4c3cc[n+]2C)oc2ccccc12. The van der Waals surface area contributed by atoms with Crippen LogP contribution in [-0.2, 0) is 7.05 Å². The van der Waals surface area contributed by atoms with Crippen LogP contribution in [0.3, 0.4) is 0 Å². The summed E-state index contributed by atoms with van der Waals surface area (Å²) in [6.07, 6.45) is 2.09. The molecule has 4 aromatic heterocycles. The third-order valence-corrected chi connectivity index (χ3v) is 7.65. The highest BCUT2D eigenvalue weighted by Gasteiger charge is 2.27. The average Bonchev–Trinajstić information content (AvgIpc) is 3.58. The Morgan fingerprint density at radius 2 is 1.22 bits per heavy atom. The second kappa shape index (κ2) is 7.34. The Morgan fingerprint density at radius 1 is 0.595 bits per heavy atom. The zero-order valence-corrected chi connectivity index (χ0v) is 20.5. The zero-order valence-electron chi connectivity index (χ0n) is 20.5. The van der Waals surface area contributed by atoms with Gasteiger partial charge in [0.1, 0.15) is 12.6 Å². The Morgan fingerprint density at radius 3 is 1.95 bits per heavy atom. The Labute approximate surface area is 212 Å². The van der Waals surface area contributed by atoms with Gasteiger partial charge in [0.05, 0.1) is 16.7 Å². The lowest BCUT2D eigenvalue weighted by Gasteiger charge is -2.08. The molecule has 8 aromatic rings. The van der Waals surface area contributed by atoms with Crippen LogP contribution >= 0.6 is 0 Å². The van der Waals surface area contributed by atoms with Crippen molar-refractivity contribution in [2.24, 2.45) is 7.05 Å². The van der Waals surface area contributed by atoms with Crippen LogP contribution in [0.15, 0.2) is 112 Å². The molecule has 0 atom stereocenters. The van der Waals surface area contributed by atoms with E-state index in [1.54, 1.807) is 0 Å². The van der Waals surface area contributed by atoms with Gasteiger partial charge in [-0.2, -0.15) is 4.57 Å². The average molecular weight is 480 g/mol. The minimum Gasteiger partial charge on any atom is -0.449 e. The molecule has 37 heavy (non-hydrogen) atoms. The van der Waals surface area contributed by atoms with Gasteiger partial charge in [-0.15, -0.1) is 0 Å². The lowest BCUT2D eigenvalue weighted by atomic mass is 10.1. The maximum atomic E-state index is 6.82. The molecule has 4 aromatic carbocycles. The summed E-state index contributed by atoms with van der Waals surface area (Å²) in [6.45, 7) is 2.12. The van der Waals surface area contributed by atoms with Gasteiger partial charge in [0, 0.05) is 38.6 Å². The number of nitrogens with zero attached hydrogens (tertiary/aromatic N) is 2. The molecule has 0 spiro atoms. The van der Waals surface area contributed by atoms with Gasteiger partial charge in [0.15, 0.2) is 11.8 Å². The van der Waals surface area contributed by atoms with Gasteiger partial charge in [-0.25, -0.2) is 0 Å². The van der Waals surface area contributed by atoms with Crippen molar-refractivity contribution in [2.75, 3.05) is 0 Å². The summed E-state index contributed by atoms with van der Waals surface area (Å²) in [6, 6.07) is 33.9. The molecule has 0 unspecified atom stereocenters. The summed E-state index contributed by atoms with van der Waals surface area (Å²) in [5.41, 5.74) is 7.99. The summed E-state index contributed by atoms with van der Waals surface area (Å²) in [5.74, 6) is 0.840. The van der Waals surface area contributed by atoms with Gasteiger partial charge in [-0.05, 0) is 31.2 Å². The molecule has 0 saturated carbocycles. The van der Waals surface area contributed by atoms with E-state index < -0.39 is 0 Å². The molecule has 0 amide bonds. The molecular formula is C33H23N2O2+. The number of rotatable bonds is 2. The van der Waals surface area contributed by atoms with Crippen molar-refractivity contribution in [2.45, 2.75) is 6.92 Å². The van der Waals surface area contributed by atoms with Crippen LogP contribution in [0.25, 0.3) is 71.9 Å². The highest BCUT2D eigenvalue weighted by molar-refractivity contribution is 6.13. The highest BCUT2D eigenvalue weighted by atomic mass is 16.3. The molecule has 0 aliphatic carbocycles. The molecule has 4 heteroatoms. The van der Waals surface area contributed by atoms with E-state index in [-0.39, 0.29) is 0 Å². The number of fused-ring (bicyclic) bond motifs is 7. The van der Waals surface area contributed by atoms with Crippen LogP contribution in [0.4, 0.5) is 0 Å². The molecule has 8 rings (SSSR count). The minimum atomic E-state index is 0.829. The van der Waals surface area contributed by atoms with E-state index in [9.17, 15) is 0 Å². The van der Waals surface area contributed by atoms with Gasteiger partial charge >= 0.3 is 0 Å². The lowest BCUT2D eigenvalue weighted by Crippen LogP contribution is -2.30. The van der Waals surface area contributed by atoms with E-state index in [0.717, 1.165) is 66.6 Å². The number of aryl methyl sites for hydroxylation is 2. The van der Waals surface area contributed by atoms with Crippen LogP contribution in [0.1, 0.15) is 5.56 Å². The fourth-order valence-electron chi connectivity index (χ4n) is 5.91. The summed E-state index contributed by atoms with van der Waals surface area (Å²) < 4.78 is 17.6. The first-order valence-corrected chi connectivity index (χ1v) is 12.5. The van der Waals surface area contributed by atoms with Crippen molar-refractivity contribution < 1.29 is 13.4 Å². The van der Waals surface area contributed by atoms with Crippen LogP contribution in [0.5, 0.6) is 0 Å². The molecular weight excluding hydrogens is 456 g/mol. The first kappa shape index (κ1) is 20.4. The molecule has 0 bridgehead atoms. The predicted octanol–water partition coefficient (Wildman–Crippen LogP) is 8.23. The second-order valence-electron chi connectivity index (χ2n) is 9.70. The van der Waals surface area contributed by atoms with E-state index >= 15 is 0 Å². The van der Waals surface area contributed by atoms with Gasteiger partial charge in [0.25, 0.3) is 5.69 Å². The molecule has 0 saturated heterocycles. The quantitative estimate of drug-likeness (QED) is 0.234. The third kappa shape index (κ3) is 2.70. The fraction of sp³-hybridized carbons (Fsp3) is 0.0606. The van der Waals surface area contributed by atoms with E-state index in [1.807, 2.05) is 19.2 Å². The Kier molecular flexibility index (Phi) is 4.04. The zero-order chi connectivity index (χ0) is 24.7. The van der Waals surface area contributed by atoms with E-state index in [0.29, 0.717) is 0 Å².